The van der Waals surface area contributed by atoms with Crippen LogP contribution < -0.4 is 29.7 Å². The van der Waals surface area contributed by atoms with Crippen LogP contribution in [0.3, 0.4) is 0 Å². The minimum absolute atomic E-state index is 0.271. The highest BCUT2D eigenvalue weighted by atomic mass is 16.5. The number of methoxy groups -OCH3 is 1. The fourth-order valence-electron chi connectivity index (χ4n) is 3.92. The van der Waals surface area contributed by atoms with Crippen molar-refractivity contribution in [1.29, 1.82) is 0 Å². The van der Waals surface area contributed by atoms with E-state index in [0.29, 0.717) is 52.8 Å². The Balaban J connectivity index is 1.39. The zero-order valence-corrected chi connectivity index (χ0v) is 24.0. The monoisotopic (exact) mass is 581 g/mol. The van der Waals surface area contributed by atoms with E-state index in [-0.39, 0.29) is 17.2 Å². The molecule has 0 bridgehead atoms. The van der Waals surface area contributed by atoms with Crippen molar-refractivity contribution in [3.05, 3.63) is 113 Å². The molecule has 10 heteroatoms. The average Bonchev–Trinajstić information content (AvgIpc) is 3.03. The number of carbonyl (C=O) groups is 3. The molecular formula is C33H31N3O7. The normalized spacial score (nSPS) is 10.6. The van der Waals surface area contributed by atoms with Gasteiger partial charge in [0.1, 0.15) is 11.5 Å². The molecule has 4 aromatic rings. The van der Waals surface area contributed by atoms with Crippen LogP contribution in [0.5, 0.6) is 23.0 Å². The van der Waals surface area contributed by atoms with E-state index in [4.69, 9.17) is 18.9 Å². The van der Waals surface area contributed by atoms with Crippen molar-refractivity contribution in [3.8, 4) is 23.0 Å². The fourth-order valence-corrected chi connectivity index (χ4v) is 3.92. The molecule has 4 rings (SSSR count). The first-order valence-corrected chi connectivity index (χ1v) is 13.5. The van der Waals surface area contributed by atoms with Gasteiger partial charge in [0.05, 0.1) is 32.1 Å². The number of carbonyl (C=O) groups excluding carboxylic acids is 3. The third kappa shape index (κ3) is 8.20. The molecular weight excluding hydrogens is 550 g/mol. The number of anilines is 1. The van der Waals surface area contributed by atoms with Gasteiger partial charge in [0, 0.05) is 22.4 Å². The molecule has 0 heterocycles. The van der Waals surface area contributed by atoms with E-state index in [0.717, 1.165) is 0 Å². The topological polar surface area (TPSA) is 125 Å². The maximum absolute atomic E-state index is 12.9. The van der Waals surface area contributed by atoms with Crippen LogP contribution in [0, 0.1) is 0 Å². The van der Waals surface area contributed by atoms with E-state index in [1.54, 1.807) is 92.0 Å². The summed E-state index contributed by atoms with van der Waals surface area (Å²) in [6, 6.07) is 24.7. The summed E-state index contributed by atoms with van der Waals surface area (Å²) in [5.74, 6) is 0.494. The zero-order valence-electron chi connectivity index (χ0n) is 24.0. The molecule has 0 aliphatic carbocycles. The van der Waals surface area contributed by atoms with E-state index >= 15 is 0 Å². The Morgan fingerprint density at radius 2 is 1.42 bits per heavy atom. The number of rotatable bonds is 12. The summed E-state index contributed by atoms with van der Waals surface area (Å²) in [5, 5.41) is 6.82. The molecule has 0 fully saturated rings. The molecule has 0 spiro atoms. The number of hydrazone groups is 1. The molecule has 43 heavy (non-hydrogen) atoms. The number of benzene rings is 4. The Morgan fingerprint density at radius 1 is 0.721 bits per heavy atom. The summed E-state index contributed by atoms with van der Waals surface area (Å²) in [4.78, 5) is 38.3. The predicted octanol–water partition coefficient (Wildman–Crippen LogP) is 5.73. The molecule has 0 aliphatic heterocycles. The molecule has 2 N–H and O–H groups in total. The maximum atomic E-state index is 12.9. The van der Waals surface area contributed by atoms with Crippen LogP contribution in [-0.4, -0.2) is 44.3 Å². The van der Waals surface area contributed by atoms with Gasteiger partial charge in [-0.3, -0.25) is 9.59 Å². The molecule has 10 nitrogen and oxygen atoms in total. The number of nitrogens with one attached hydrogen (secondary N) is 2. The number of hydrogen-bond acceptors (Lipinski definition) is 8. The van der Waals surface area contributed by atoms with Gasteiger partial charge in [-0.1, -0.05) is 18.2 Å². The zero-order chi connectivity index (χ0) is 30.6. The van der Waals surface area contributed by atoms with Crippen molar-refractivity contribution in [2.75, 3.05) is 25.6 Å². The van der Waals surface area contributed by atoms with Gasteiger partial charge < -0.3 is 24.3 Å². The van der Waals surface area contributed by atoms with Crippen LogP contribution in [-0.2, 0) is 0 Å². The van der Waals surface area contributed by atoms with Crippen LogP contribution in [0.2, 0.25) is 0 Å². The van der Waals surface area contributed by atoms with Crippen molar-refractivity contribution >= 4 is 29.7 Å². The summed E-state index contributed by atoms with van der Waals surface area (Å²) in [6.45, 7) is 4.60. The van der Waals surface area contributed by atoms with Crippen LogP contribution in [0.4, 0.5) is 5.69 Å². The van der Waals surface area contributed by atoms with E-state index in [1.165, 1.54) is 12.3 Å². The number of amides is 2. The number of ether oxygens (including phenoxy) is 4. The first-order valence-electron chi connectivity index (χ1n) is 13.5. The lowest BCUT2D eigenvalue weighted by molar-refractivity contribution is 0.0733. The molecule has 0 aliphatic rings. The summed E-state index contributed by atoms with van der Waals surface area (Å²) in [6.07, 6.45) is 1.38. The van der Waals surface area contributed by atoms with Gasteiger partial charge in [-0.2, -0.15) is 5.10 Å². The summed E-state index contributed by atoms with van der Waals surface area (Å²) in [5.41, 5.74) is 4.36. The Hall–Kier alpha value is -5.64. The smallest absolute Gasteiger partial charge is 0.343 e. The molecule has 0 aromatic heterocycles. The van der Waals surface area contributed by atoms with Gasteiger partial charge in [0.2, 0.25) is 0 Å². The Morgan fingerprint density at radius 3 is 2.16 bits per heavy atom. The van der Waals surface area contributed by atoms with E-state index in [9.17, 15) is 14.4 Å². The van der Waals surface area contributed by atoms with Crippen molar-refractivity contribution in [2.24, 2.45) is 5.10 Å². The summed E-state index contributed by atoms with van der Waals surface area (Å²) in [7, 11) is 1.54. The first kappa shape index (κ1) is 30.3. The van der Waals surface area contributed by atoms with Crippen LogP contribution in [0.1, 0.15) is 50.5 Å². The van der Waals surface area contributed by atoms with Crippen molar-refractivity contribution in [2.45, 2.75) is 13.8 Å². The van der Waals surface area contributed by atoms with Crippen molar-refractivity contribution in [3.63, 3.8) is 0 Å². The van der Waals surface area contributed by atoms with Crippen LogP contribution >= 0.6 is 0 Å². The number of esters is 1. The third-order valence-electron chi connectivity index (χ3n) is 6.01. The minimum Gasteiger partial charge on any atom is -0.497 e. The fraction of sp³-hybridized carbons (Fsp3) is 0.152. The minimum atomic E-state index is -0.550. The maximum Gasteiger partial charge on any atom is 0.343 e. The highest BCUT2D eigenvalue weighted by molar-refractivity contribution is 6.05. The standard InChI is InChI=1S/C33H31N3O7/c1-4-41-29-18-15-24(20-30(29)42-5-2)31(37)35-26-11-8-10-23(19-26)32(38)36-34-21-25-9-6-7-12-28(25)43-33(39)22-13-16-27(40-3)17-14-22/h6-21H,4-5H2,1-3H3,(H,35,37)(H,36,38). The first-order chi connectivity index (χ1) is 20.9. The van der Waals surface area contributed by atoms with Crippen LogP contribution in [0.25, 0.3) is 0 Å². The second kappa shape index (κ2) is 14.8. The average molecular weight is 582 g/mol. The molecule has 4 aromatic carbocycles. The molecule has 2 amide bonds. The number of hydrogen-bond donors (Lipinski definition) is 2. The Labute approximate surface area is 249 Å². The molecule has 0 saturated carbocycles. The highest BCUT2D eigenvalue weighted by Gasteiger charge is 2.14. The van der Waals surface area contributed by atoms with Gasteiger partial charge in [-0.15, -0.1) is 0 Å². The third-order valence-corrected chi connectivity index (χ3v) is 6.01. The highest BCUT2D eigenvalue weighted by Crippen LogP contribution is 2.29. The van der Waals surface area contributed by atoms with Gasteiger partial charge in [0.25, 0.3) is 11.8 Å². The van der Waals surface area contributed by atoms with Gasteiger partial charge in [0.15, 0.2) is 11.5 Å². The van der Waals surface area contributed by atoms with Crippen molar-refractivity contribution in [1.82, 2.24) is 5.43 Å². The second-order valence-electron chi connectivity index (χ2n) is 8.92. The molecule has 0 atom stereocenters. The number of para-hydroxylation sites is 1. The second-order valence-corrected chi connectivity index (χ2v) is 8.92. The lowest BCUT2D eigenvalue weighted by Crippen LogP contribution is -2.18. The SMILES string of the molecule is CCOc1ccc(C(=O)Nc2cccc(C(=O)NN=Cc3ccccc3OC(=O)c3ccc(OC)cc3)c2)cc1OCC. The largest absolute Gasteiger partial charge is 0.497 e. The van der Waals surface area contributed by atoms with Gasteiger partial charge in [-0.25, -0.2) is 10.2 Å². The molecule has 0 radical (unpaired) electrons. The Bertz CT molecular complexity index is 1620. The molecule has 0 saturated heterocycles. The van der Waals surface area contributed by atoms with Gasteiger partial charge in [-0.05, 0) is 86.6 Å². The quantitative estimate of drug-likeness (QED) is 0.0948. The van der Waals surface area contributed by atoms with E-state index in [1.807, 2.05) is 13.8 Å². The van der Waals surface area contributed by atoms with E-state index < -0.39 is 11.9 Å². The molecule has 220 valence electrons. The van der Waals surface area contributed by atoms with Crippen molar-refractivity contribution < 1.29 is 33.3 Å². The van der Waals surface area contributed by atoms with Gasteiger partial charge >= 0.3 is 5.97 Å². The molecule has 0 unspecified atom stereocenters. The lowest BCUT2D eigenvalue weighted by atomic mass is 10.1. The van der Waals surface area contributed by atoms with Crippen LogP contribution in [0.15, 0.2) is 96.1 Å². The summed E-state index contributed by atoms with van der Waals surface area (Å²) >= 11 is 0. The number of nitrogens with zero attached hydrogens (tertiary/aromatic N) is 1. The lowest BCUT2D eigenvalue weighted by Gasteiger charge is -2.12. The summed E-state index contributed by atoms with van der Waals surface area (Å²) < 4.78 is 21.8. The van der Waals surface area contributed by atoms with E-state index in [2.05, 4.69) is 15.8 Å². The Kier molecular flexibility index (Phi) is 10.5. The predicted molar refractivity (Wildman–Crippen MR) is 163 cm³/mol.